The van der Waals surface area contributed by atoms with Crippen LogP contribution in [-0.2, 0) is 63.7 Å². The highest BCUT2D eigenvalue weighted by Gasteiger charge is 2.52. The molecule has 7 aliphatic heterocycles. The number of benzene rings is 5. The first-order chi connectivity index (χ1) is 50.2. The number of carboxylic acid groups (broad SMARTS) is 1. The number of hydrogen-bond acceptors (Lipinski definition) is 25. The van der Waals surface area contributed by atoms with E-state index in [0.717, 1.165) is 47.4 Å². The Labute approximate surface area is 622 Å². The third kappa shape index (κ3) is 17.9. The van der Waals surface area contributed by atoms with E-state index < -0.39 is 240 Å². The Hall–Kier alpha value is -9.45. The van der Waals surface area contributed by atoms with Crippen molar-refractivity contribution in [2.24, 2.45) is 23.3 Å². The predicted octanol–water partition coefficient (Wildman–Crippen LogP) is 4.24. The van der Waals surface area contributed by atoms with E-state index in [1.54, 1.807) is 34.6 Å². The van der Waals surface area contributed by atoms with Gasteiger partial charge in [0.2, 0.25) is 41.6 Å². The largest absolute Gasteiger partial charge is 0.508 e. The molecule has 17 N–H and O–H groups in total. The molecule has 32 nitrogen and oxygen atoms in total. The van der Waals surface area contributed by atoms with Crippen LogP contribution in [0.1, 0.15) is 132 Å². The van der Waals surface area contributed by atoms with E-state index in [2.05, 4.69) is 21.3 Å². The van der Waals surface area contributed by atoms with E-state index in [-0.39, 0.29) is 68.1 Å². The Morgan fingerprint density at radius 1 is 0.766 bits per heavy atom. The summed E-state index contributed by atoms with van der Waals surface area (Å²) in [5, 5.41) is 112. The zero-order chi connectivity index (χ0) is 78.3. The van der Waals surface area contributed by atoms with Gasteiger partial charge in [0, 0.05) is 67.4 Å². The molecule has 576 valence electrons. The van der Waals surface area contributed by atoms with Gasteiger partial charge in [0.25, 0.3) is 0 Å². The van der Waals surface area contributed by atoms with Crippen molar-refractivity contribution in [2.45, 2.75) is 190 Å². The van der Waals surface area contributed by atoms with E-state index >= 15 is 19.2 Å². The standard InChI is InChI=1S/C73H85Cl2N7O25/c1-29(2)15-43(82(8)71(100)107-72(4,5)6)68(97)81-58-46(87)20-35(23-53(76)89)65(94)79-56-34-21-50(62(51(22-34)103-49-14-11-33(59(58)90)19-41(49)75)106-70-63(61(92)60(91)52(28-83)104-70)105-54-27-73(7,77)64(93)30(3)101-54)102-48-13-9-31(16-40(48)74)17-42-67(96)80-57(69(98)99)39-24-36(84)25-45(86)55(39)38-18-32(10-12-44(38)85)37(26-47(56)88)66(95)78-42/h9-14,16,18-19,21-22,24-25,29-30,35,37,42-43,52,54,56-61,63-64,70,83-86,90-93H,15,17,20,23,26-28,77H2,1-8H3,(H2,76,89)(H,78,95)(H,79,94)(H,80,96)(H,81,97)(H,98,99)/t30?,35-,37+,42-,43+,52?,54?,56+,57-,58-,59+,60?,61?,63?,64?,70?,73?/m0/s1. The second-order valence-corrected chi connectivity index (χ2v) is 29.8. The minimum atomic E-state index is -2.19. The van der Waals surface area contributed by atoms with Crippen LogP contribution < -0.4 is 46.9 Å². The van der Waals surface area contributed by atoms with Crippen LogP contribution in [0, 0.1) is 11.8 Å². The number of carboxylic acids is 1. The molecule has 12 rings (SSSR count). The molecule has 5 aromatic carbocycles. The molecule has 0 aromatic heterocycles. The first-order valence-electron chi connectivity index (χ1n) is 34.2. The molecule has 2 saturated heterocycles. The average molecular weight is 1530 g/mol. The summed E-state index contributed by atoms with van der Waals surface area (Å²) in [5.74, 6) is -18.4. The molecule has 34 heteroatoms. The summed E-state index contributed by atoms with van der Waals surface area (Å²) < 4.78 is 44.2. The lowest BCUT2D eigenvalue weighted by molar-refractivity contribution is -0.333. The number of amides is 6. The number of carbonyl (C=O) groups excluding carboxylic acids is 8. The van der Waals surface area contributed by atoms with Crippen LogP contribution in [0.5, 0.6) is 46.0 Å². The van der Waals surface area contributed by atoms with Crippen molar-refractivity contribution in [3.05, 3.63) is 117 Å². The number of aliphatic carboxylic acids is 1. The molecule has 7 aliphatic rings. The van der Waals surface area contributed by atoms with Gasteiger partial charge in [0.1, 0.15) is 82.9 Å². The zero-order valence-corrected chi connectivity index (χ0v) is 60.7. The van der Waals surface area contributed by atoms with Gasteiger partial charge in [-0.1, -0.05) is 55.2 Å². The van der Waals surface area contributed by atoms with Gasteiger partial charge in [0.15, 0.2) is 41.5 Å². The number of nitrogens with one attached hydrogen (secondary N) is 4. The number of phenols is 3. The Bertz CT molecular complexity index is 4310. The van der Waals surface area contributed by atoms with Crippen molar-refractivity contribution in [2.75, 3.05) is 13.7 Å². The van der Waals surface area contributed by atoms with Crippen LogP contribution in [0.25, 0.3) is 11.1 Å². The van der Waals surface area contributed by atoms with Crippen molar-refractivity contribution in [3.8, 4) is 57.1 Å². The Morgan fingerprint density at radius 3 is 2.03 bits per heavy atom. The number of hydrogen-bond donors (Lipinski definition) is 15. The number of aliphatic hydroxyl groups is 5. The van der Waals surface area contributed by atoms with Crippen molar-refractivity contribution in [3.63, 3.8) is 0 Å². The number of aromatic hydroxyl groups is 3. The highest BCUT2D eigenvalue weighted by molar-refractivity contribution is 6.32. The molecule has 0 radical (unpaired) electrons. The maximum atomic E-state index is 16.3. The molecule has 0 aliphatic carbocycles. The van der Waals surface area contributed by atoms with Gasteiger partial charge in [-0.05, 0) is 124 Å². The second kappa shape index (κ2) is 32.2. The van der Waals surface area contributed by atoms with Crippen LogP contribution in [0.2, 0.25) is 10.0 Å². The number of ether oxygens (including phenoxy) is 7. The predicted molar refractivity (Wildman–Crippen MR) is 376 cm³/mol. The van der Waals surface area contributed by atoms with E-state index in [1.807, 2.05) is 0 Å². The summed E-state index contributed by atoms with van der Waals surface area (Å²) in [6.07, 6.45) is -19.9. The van der Waals surface area contributed by atoms with Gasteiger partial charge >= 0.3 is 12.1 Å². The maximum Gasteiger partial charge on any atom is 0.410 e. The van der Waals surface area contributed by atoms with E-state index in [9.17, 15) is 69.9 Å². The third-order valence-corrected chi connectivity index (χ3v) is 19.6. The number of nitrogens with zero attached hydrogens (tertiary/aromatic N) is 1. The molecule has 0 saturated carbocycles. The van der Waals surface area contributed by atoms with E-state index in [0.29, 0.717) is 0 Å². The summed E-state index contributed by atoms with van der Waals surface area (Å²) in [5.41, 5.74) is 8.08. The highest BCUT2D eigenvalue weighted by atomic mass is 35.5. The Morgan fingerprint density at radius 2 is 1.42 bits per heavy atom. The molecular formula is C73H85Cl2N7O25. The number of nitrogens with two attached hydrogens (primary N) is 2. The number of rotatable bonds is 13. The Balaban J connectivity index is 1.22. The van der Waals surface area contributed by atoms with Crippen LogP contribution >= 0.6 is 23.2 Å². The molecule has 2 fully saturated rings. The van der Waals surface area contributed by atoms with Gasteiger partial charge in [-0.15, -0.1) is 0 Å². The number of Topliss-reactive ketones (excluding diaryl/α,β-unsaturated/α-hetero) is 2. The van der Waals surface area contributed by atoms with Crippen LogP contribution in [0.3, 0.4) is 0 Å². The zero-order valence-electron chi connectivity index (χ0n) is 59.2. The lowest BCUT2D eigenvalue weighted by Gasteiger charge is -2.47. The van der Waals surface area contributed by atoms with Gasteiger partial charge in [-0.3, -0.25) is 38.5 Å². The smallest absolute Gasteiger partial charge is 0.410 e. The Kier molecular flexibility index (Phi) is 24.1. The normalized spacial score (nSPS) is 28.0. The number of ketones is 2. The van der Waals surface area contributed by atoms with Crippen molar-refractivity contribution in [1.82, 2.24) is 26.2 Å². The van der Waals surface area contributed by atoms with Gasteiger partial charge in [-0.2, -0.15) is 0 Å². The summed E-state index contributed by atoms with van der Waals surface area (Å²) in [4.78, 5) is 134. The molecule has 7 heterocycles. The van der Waals surface area contributed by atoms with Crippen LogP contribution in [-0.4, -0.2) is 196 Å². The number of carbonyl (C=O) groups is 9. The van der Waals surface area contributed by atoms with Crippen molar-refractivity contribution in [1.29, 1.82) is 0 Å². The first kappa shape index (κ1) is 80.1. The monoisotopic (exact) mass is 1530 g/mol. The number of aliphatic hydroxyl groups excluding tert-OH is 5. The molecular weight excluding hydrogens is 1450 g/mol. The second-order valence-electron chi connectivity index (χ2n) is 29.0. The first-order valence-corrected chi connectivity index (χ1v) is 35.0. The third-order valence-electron chi connectivity index (χ3n) is 19.0. The molecule has 107 heavy (non-hydrogen) atoms. The fourth-order valence-electron chi connectivity index (χ4n) is 13.5. The van der Waals surface area contributed by atoms with Crippen molar-refractivity contribution < 1.29 is 122 Å². The molecule has 6 amide bonds. The van der Waals surface area contributed by atoms with Gasteiger partial charge in [-0.25, -0.2) is 9.59 Å². The topological polar surface area (TPSA) is 504 Å². The maximum absolute atomic E-state index is 16.3. The molecule has 0 spiro atoms. The number of phenolic OH excluding ortho intramolecular Hbond substituents is 3. The van der Waals surface area contributed by atoms with E-state index in [4.69, 9.17) is 67.8 Å². The lowest BCUT2D eigenvalue weighted by atomic mass is 9.84. The molecule has 9 unspecified atom stereocenters. The van der Waals surface area contributed by atoms with Crippen LogP contribution in [0.15, 0.2) is 78.9 Å². The number of primary amides is 1. The number of halogens is 2. The van der Waals surface area contributed by atoms with Gasteiger partial charge in [0.05, 0.1) is 40.7 Å². The SMILES string of the molecule is CC(C)C[C@H](C(=O)N[C@H]1C(=O)C[C@@H](CC(N)=O)C(=O)N[C@H]2C(=O)C[C@H]3C(=O)N[C@@H](Cc4ccc(c(Cl)c4)Oc4cc2cc(c4OC2OC(CO)C(O)C(O)C2OC2CC(C)(N)C(O)C(C)O2)Oc2ccc(cc2Cl)[C@H]1O)C(=O)N[C@H](C(=O)O)c1cc(O)cc(O)c1-c1cc3ccc1O)N(C)C(=O)OC(C)(C)C. The quantitative estimate of drug-likeness (QED) is 0.0784. The minimum Gasteiger partial charge on any atom is -0.508 e. The molecule has 17 atom stereocenters. The number of fused-ring (bicyclic) bond motifs is 15. The fraction of sp³-hybridized carbons (Fsp3) is 0.466. The molecule has 11 bridgehead atoms. The van der Waals surface area contributed by atoms with Crippen molar-refractivity contribution >= 4 is 76.4 Å². The average Bonchev–Trinajstić information content (AvgIpc) is 0.771. The highest BCUT2D eigenvalue weighted by Crippen LogP contribution is 2.50. The van der Waals surface area contributed by atoms with Gasteiger partial charge < -0.3 is 112 Å². The summed E-state index contributed by atoms with van der Waals surface area (Å²) >= 11 is 14.3. The summed E-state index contributed by atoms with van der Waals surface area (Å²) in [7, 11) is 1.29. The minimum absolute atomic E-state index is 0.0307. The fourth-order valence-corrected chi connectivity index (χ4v) is 14.0. The lowest BCUT2D eigenvalue weighted by Crippen LogP contribution is -2.64. The number of likely N-dealkylation sites (N-methyl/N-ethyl adjacent to an activating group) is 1. The van der Waals surface area contributed by atoms with Crippen LogP contribution in [0.4, 0.5) is 4.79 Å². The summed E-state index contributed by atoms with van der Waals surface area (Å²) in [6, 6.07) is 5.28. The molecule has 5 aromatic rings. The summed E-state index contributed by atoms with van der Waals surface area (Å²) in [6.45, 7) is 10.4. The van der Waals surface area contributed by atoms with E-state index in [1.165, 1.54) is 57.3 Å².